The summed E-state index contributed by atoms with van der Waals surface area (Å²) in [5, 5.41) is 3.54. The quantitative estimate of drug-likeness (QED) is 0.734. The predicted molar refractivity (Wildman–Crippen MR) is 104 cm³/mol. The number of hydrogen-bond acceptors (Lipinski definition) is 3. The van der Waals surface area contributed by atoms with Crippen LogP contribution in [0.4, 0.5) is 10.1 Å². The van der Waals surface area contributed by atoms with Gasteiger partial charge in [-0.3, -0.25) is 9.69 Å². The first-order valence-electron chi connectivity index (χ1n) is 8.98. The molecule has 1 aliphatic heterocycles. The number of amides is 1. The van der Waals surface area contributed by atoms with Gasteiger partial charge in [0.2, 0.25) is 5.91 Å². The summed E-state index contributed by atoms with van der Waals surface area (Å²) in [6, 6.07) is 12.1. The minimum Gasteiger partial charge on any atom is -0.327 e. The van der Waals surface area contributed by atoms with E-state index in [9.17, 15) is 9.18 Å². The normalized spacial score (nSPS) is 15.9. The van der Waals surface area contributed by atoms with Crippen LogP contribution in [0.2, 0.25) is 5.02 Å². The third-order valence-electron chi connectivity index (χ3n) is 4.98. The number of nitrogens with zero attached hydrogens (tertiary/aromatic N) is 3. The number of carbonyl (C=O) groups excluding carboxylic acids is 1. The highest BCUT2D eigenvalue weighted by molar-refractivity contribution is 6.30. The molecule has 0 aliphatic carbocycles. The van der Waals surface area contributed by atoms with Crippen molar-refractivity contribution in [3.8, 4) is 0 Å². The zero-order valence-corrected chi connectivity index (χ0v) is 15.5. The van der Waals surface area contributed by atoms with Crippen LogP contribution < -0.4 is 5.32 Å². The van der Waals surface area contributed by atoms with E-state index in [1.165, 1.54) is 12.1 Å². The van der Waals surface area contributed by atoms with Crippen molar-refractivity contribution in [1.29, 1.82) is 0 Å². The smallest absolute Gasteiger partial charge is 0.238 e. The maximum Gasteiger partial charge on any atom is 0.238 e. The fourth-order valence-corrected chi connectivity index (χ4v) is 3.71. The number of hydrogen-bond donors (Lipinski definition) is 1. The molecule has 1 aliphatic rings. The largest absolute Gasteiger partial charge is 0.327 e. The van der Waals surface area contributed by atoms with Crippen LogP contribution in [0, 0.1) is 5.82 Å². The Hall–Kier alpha value is -2.44. The highest BCUT2D eigenvalue weighted by atomic mass is 35.5. The van der Waals surface area contributed by atoms with Crippen LogP contribution in [0.5, 0.6) is 0 Å². The average molecular weight is 387 g/mol. The summed E-state index contributed by atoms with van der Waals surface area (Å²) < 4.78 is 15.5. The van der Waals surface area contributed by atoms with Crippen molar-refractivity contribution < 1.29 is 9.18 Å². The van der Waals surface area contributed by atoms with Gasteiger partial charge < -0.3 is 9.88 Å². The van der Waals surface area contributed by atoms with E-state index in [0.29, 0.717) is 23.1 Å². The van der Waals surface area contributed by atoms with Gasteiger partial charge in [-0.2, -0.15) is 0 Å². The van der Waals surface area contributed by atoms with E-state index in [-0.39, 0.29) is 11.7 Å². The lowest BCUT2D eigenvalue weighted by atomic mass is 10.0. The summed E-state index contributed by atoms with van der Waals surface area (Å²) >= 11 is 5.86. The Balaban J connectivity index is 1.33. The Morgan fingerprint density at radius 1 is 1.19 bits per heavy atom. The highest BCUT2D eigenvalue weighted by Gasteiger charge is 2.23. The Morgan fingerprint density at radius 2 is 1.93 bits per heavy atom. The minimum atomic E-state index is -0.269. The standard InChI is InChI=1S/C20H20ClFN4O/c21-14-1-4-16(5-2-14)24-20(27)12-25-9-7-17(8-10-25)26-13-23-18-11-15(22)3-6-19(18)26/h1-6,11,13,17H,7-10,12H2,(H,24,27). The lowest BCUT2D eigenvalue weighted by Crippen LogP contribution is -2.39. The van der Waals surface area contributed by atoms with Crippen LogP contribution in [0.3, 0.4) is 0 Å². The second-order valence-electron chi connectivity index (χ2n) is 6.85. The predicted octanol–water partition coefficient (Wildman–Crippen LogP) is 4.10. The molecule has 3 aromatic rings. The Bertz CT molecular complexity index is 948. The molecule has 4 rings (SSSR count). The number of benzene rings is 2. The second-order valence-corrected chi connectivity index (χ2v) is 7.28. The highest BCUT2D eigenvalue weighted by Crippen LogP contribution is 2.27. The van der Waals surface area contributed by atoms with Gasteiger partial charge in [0.25, 0.3) is 0 Å². The number of carbonyl (C=O) groups is 1. The summed E-state index contributed by atoms with van der Waals surface area (Å²) in [6.07, 6.45) is 3.64. The number of nitrogens with one attached hydrogen (secondary N) is 1. The Kier molecular flexibility index (Phi) is 5.09. The van der Waals surface area contributed by atoms with Crippen molar-refractivity contribution in [3.63, 3.8) is 0 Å². The maximum atomic E-state index is 13.3. The van der Waals surface area contributed by atoms with Gasteiger partial charge in [-0.05, 0) is 49.2 Å². The molecular formula is C20H20ClFN4O. The Labute approximate surface area is 161 Å². The van der Waals surface area contributed by atoms with Crippen molar-refractivity contribution >= 4 is 34.2 Å². The number of imidazole rings is 1. The molecule has 5 nitrogen and oxygen atoms in total. The zero-order chi connectivity index (χ0) is 18.8. The molecule has 0 atom stereocenters. The fraction of sp³-hybridized carbons (Fsp3) is 0.300. The summed E-state index contributed by atoms with van der Waals surface area (Å²) in [5.41, 5.74) is 2.38. The minimum absolute atomic E-state index is 0.0284. The van der Waals surface area contributed by atoms with Gasteiger partial charge in [-0.25, -0.2) is 9.37 Å². The summed E-state index contributed by atoms with van der Waals surface area (Å²) in [5.74, 6) is -0.298. The van der Waals surface area contributed by atoms with Crippen LogP contribution in [-0.2, 0) is 4.79 Å². The van der Waals surface area contributed by atoms with Crippen LogP contribution in [0.25, 0.3) is 11.0 Å². The van der Waals surface area contributed by atoms with Gasteiger partial charge >= 0.3 is 0 Å². The first kappa shape index (κ1) is 17.9. The molecule has 1 fully saturated rings. The second kappa shape index (κ2) is 7.66. The van der Waals surface area contributed by atoms with Crippen molar-refractivity contribution in [2.75, 3.05) is 25.0 Å². The third-order valence-corrected chi connectivity index (χ3v) is 5.23. The molecule has 140 valence electrons. The third kappa shape index (κ3) is 4.12. The summed E-state index contributed by atoms with van der Waals surface area (Å²) in [7, 11) is 0. The molecule has 0 bridgehead atoms. The topological polar surface area (TPSA) is 50.2 Å². The van der Waals surface area contributed by atoms with Crippen molar-refractivity contribution in [2.45, 2.75) is 18.9 Å². The lowest BCUT2D eigenvalue weighted by molar-refractivity contribution is -0.117. The SMILES string of the molecule is O=C(CN1CCC(n2cnc3cc(F)ccc32)CC1)Nc1ccc(Cl)cc1. The number of anilines is 1. The van der Waals surface area contributed by atoms with Gasteiger partial charge in [-0.1, -0.05) is 11.6 Å². The molecule has 0 radical (unpaired) electrons. The molecule has 0 saturated carbocycles. The molecule has 1 N–H and O–H groups in total. The fourth-order valence-electron chi connectivity index (χ4n) is 3.59. The molecule has 27 heavy (non-hydrogen) atoms. The van der Waals surface area contributed by atoms with Gasteiger partial charge in [-0.15, -0.1) is 0 Å². The first-order valence-corrected chi connectivity index (χ1v) is 9.36. The number of piperidine rings is 1. The van der Waals surface area contributed by atoms with E-state index in [2.05, 4.69) is 19.8 Å². The maximum absolute atomic E-state index is 13.3. The summed E-state index contributed by atoms with van der Waals surface area (Å²) in [6.45, 7) is 2.03. The number of likely N-dealkylation sites (tertiary alicyclic amines) is 1. The van der Waals surface area contributed by atoms with E-state index >= 15 is 0 Å². The van der Waals surface area contributed by atoms with Crippen LogP contribution in [-0.4, -0.2) is 40.0 Å². The van der Waals surface area contributed by atoms with Crippen molar-refractivity contribution in [2.24, 2.45) is 0 Å². The number of fused-ring (bicyclic) bond motifs is 1. The van der Waals surface area contributed by atoms with Crippen LogP contribution in [0.1, 0.15) is 18.9 Å². The van der Waals surface area contributed by atoms with Gasteiger partial charge in [0.1, 0.15) is 5.82 Å². The van der Waals surface area contributed by atoms with E-state index in [1.54, 1.807) is 36.7 Å². The van der Waals surface area contributed by atoms with E-state index in [1.807, 2.05) is 0 Å². The monoisotopic (exact) mass is 386 g/mol. The number of aromatic nitrogens is 2. The average Bonchev–Trinajstić information content (AvgIpc) is 3.07. The van der Waals surface area contributed by atoms with Crippen molar-refractivity contribution in [1.82, 2.24) is 14.5 Å². The molecule has 0 unspecified atom stereocenters. The molecular weight excluding hydrogens is 367 g/mol. The van der Waals surface area contributed by atoms with E-state index in [0.717, 1.165) is 37.1 Å². The van der Waals surface area contributed by atoms with E-state index in [4.69, 9.17) is 11.6 Å². The van der Waals surface area contributed by atoms with E-state index < -0.39 is 0 Å². The van der Waals surface area contributed by atoms with Crippen LogP contribution >= 0.6 is 11.6 Å². The molecule has 2 heterocycles. The van der Waals surface area contributed by atoms with Crippen LogP contribution in [0.15, 0.2) is 48.8 Å². The Morgan fingerprint density at radius 3 is 2.67 bits per heavy atom. The van der Waals surface area contributed by atoms with Crippen molar-refractivity contribution in [3.05, 3.63) is 59.6 Å². The molecule has 1 amide bonds. The molecule has 1 saturated heterocycles. The summed E-state index contributed by atoms with van der Waals surface area (Å²) in [4.78, 5) is 18.7. The molecule has 0 spiro atoms. The lowest BCUT2D eigenvalue weighted by Gasteiger charge is -2.32. The zero-order valence-electron chi connectivity index (χ0n) is 14.7. The molecule has 2 aromatic carbocycles. The van der Waals surface area contributed by atoms with Gasteiger partial charge in [0.15, 0.2) is 0 Å². The van der Waals surface area contributed by atoms with Gasteiger partial charge in [0, 0.05) is 35.9 Å². The molecule has 7 heteroatoms. The first-order chi connectivity index (χ1) is 13.1. The molecule has 1 aromatic heterocycles. The number of halogens is 2. The number of rotatable bonds is 4. The van der Waals surface area contributed by atoms with Gasteiger partial charge in [0.05, 0.1) is 23.9 Å².